The molecule has 1 fully saturated rings. The Labute approximate surface area is 129 Å². The second kappa shape index (κ2) is 6.25. The summed E-state index contributed by atoms with van der Waals surface area (Å²) in [6, 6.07) is 2.14. The topological polar surface area (TPSA) is 72.1 Å². The monoisotopic (exact) mass is 300 g/mol. The standard InChI is InChI=1S/C16H20N4O2/c1-11-8-13(10-17-9-11)16(21)20-7-3-4-14(20)5-6-15-18-12(2)22-19-15/h8-10,14H,3-7H2,1-2H3. The molecular weight excluding hydrogens is 280 g/mol. The minimum absolute atomic E-state index is 0.0722. The molecule has 0 radical (unpaired) electrons. The van der Waals surface area contributed by atoms with Gasteiger partial charge in [0.05, 0.1) is 5.56 Å². The molecular formula is C16H20N4O2. The number of hydrogen-bond donors (Lipinski definition) is 0. The van der Waals surface area contributed by atoms with E-state index in [0.717, 1.165) is 37.8 Å². The van der Waals surface area contributed by atoms with Crippen molar-refractivity contribution in [3.8, 4) is 0 Å². The Kier molecular flexibility index (Phi) is 4.18. The van der Waals surface area contributed by atoms with Crippen molar-refractivity contribution in [2.45, 2.75) is 45.6 Å². The van der Waals surface area contributed by atoms with Crippen LogP contribution >= 0.6 is 0 Å². The Balaban J connectivity index is 1.66. The number of pyridine rings is 1. The van der Waals surface area contributed by atoms with Gasteiger partial charge in [-0.15, -0.1) is 0 Å². The van der Waals surface area contributed by atoms with Crippen molar-refractivity contribution in [2.24, 2.45) is 0 Å². The van der Waals surface area contributed by atoms with Gasteiger partial charge in [-0.1, -0.05) is 5.16 Å². The van der Waals surface area contributed by atoms with Gasteiger partial charge in [-0.2, -0.15) is 4.98 Å². The summed E-state index contributed by atoms with van der Waals surface area (Å²) in [4.78, 5) is 23.0. The van der Waals surface area contributed by atoms with Gasteiger partial charge in [0, 0.05) is 38.3 Å². The predicted octanol–water partition coefficient (Wildman–Crippen LogP) is 2.32. The predicted molar refractivity (Wildman–Crippen MR) is 80.4 cm³/mol. The average Bonchev–Trinajstić information content (AvgIpc) is 3.13. The van der Waals surface area contributed by atoms with Crippen LogP contribution in [0.3, 0.4) is 0 Å². The maximum atomic E-state index is 12.7. The van der Waals surface area contributed by atoms with Crippen LogP contribution in [0.25, 0.3) is 0 Å². The molecule has 0 saturated carbocycles. The number of carbonyl (C=O) groups is 1. The van der Waals surface area contributed by atoms with Gasteiger partial charge in [0.1, 0.15) is 0 Å². The van der Waals surface area contributed by atoms with Crippen molar-refractivity contribution < 1.29 is 9.32 Å². The molecule has 0 aromatic carbocycles. The summed E-state index contributed by atoms with van der Waals surface area (Å²) in [5.41, 5.74) is 1.67. The fourth-order valence-electron chi connectivity index (χ4n) is 2.98. The van der Waals surface area contributed by atoms with E-state index < -0.39 is 0 Å². The molecule has 3 heterocycles. The Bertz CT molecular complexity index is 668. The fraction of sp³-hybridized carbons (Fsp3) is 0.500. The number of amides is 1. The molecule has 3 rings (SSSR count). The number of hydrogen-bond acceptors (Lipinski definition) is 5. The number of nitrogens with zero attached hydrogens (tertiary/aromatic N) is 4. The molecule has 2 aromatic heterocycles. The van der Waals surface area contributed by atoms with Crippen molar-refractivity contribution in [1.29, 1.82) is 0 Å². The largest absolute Gasteiger partial charge is 0.340 e. The minimum atomic E-state index is 0.0722. The highest BCUT2D eigenvalue weighted by Crippen LogP contribution is 2.23. The summed E-state index contributed by atoms with van der Waals surface area (Å²) >= 11 is 0. The molecule has 1 aliphatic rings. The van der Waals surface area contributed by atoms with E-state index in [2.05, 4.69) is 15.1 Å². The van der Waals surface area contributed by atoms with Gasteiger partial charge in [0.2, 0.25) is 5.89 Å². The Morgan fingerprint density at radius 2 is 2.27 bits per heavy atom. The lowest BCUT2D eigenvalue weighted by Crippen LogP contribution is -2.36. The van der Waals surface area contributed by atoms with Crippen LogP contribution in [0.5, 0.6) is 0 Å². The zero-order chi connectivity index (χ0) is 15.5. The molecule has 1 aliphatic heterocycles. The van der Waals surface area contributed by atoms with Gasteiger partial charge in [0.15, 0.2) is 5.82 Å². The molecule has 1 atom stereocenters. The first kappa shape index (κ1) is 14.7. The molecule has 0 N–H and O–H groups in total. The van der Waals surface area contributed by atoms with E-state index in [-0.39, 0.29) is 11.9 Å². The van der Waals surface area contributed by atoms with Gasteiger partial charge < -0.3 is 9.42 Å². The third kappa shape index (κ3) is 3.16. The SMILES string of the molecule is Cc1cncc(C(=O)N2CCCC2CCc2noc(C)n2)c1. The van der Waals surface area contributed by atoms with E-state index >= 15 is 0 Å². The third-order valence-corrected chi connectivity index (χ3v) is 4.03. The van der Waals surface area contributed by atoms with Crippen LogP contribution in [-0.2, 0) is 6.42 Å². The number of rotatable bonds is 4. The first-order chi connectivity index (χ1) is 10.6. The molecule has 0 bridgehead atoms. The highest BCUT2D eigenvalue weighted by Gasteiger charge is 2.29. The zero-order valence-corrected chi connectivity index (χ0v) is 13.0. The van der Waals surface area contributed by atoms with Crippen LogP contribution in [0.1, 0.15) is 46.9 Å². The van der Waals surface area contributed by atoms with Gasteiger partial charge >= 0.3 is 0 Å². The van der Waals surface area contributed by atoms with Gasteiger partial charge in [-0.05, 0) is 37.8 Å². The minimum Gasteiger partial charge on any atom is -0.340 e. The Hall–Kier alpha value is -2.24. The normalized spacial score (nSPS) is 17.9. The molecule has 6 nitrogen and oxygen atoms in total. The van der Waals surface area contributed by atoms with E-state index in [4.69, 9.17) is 4.52 Å². The summed E-state index contributed by atoms with van der Waals surface area (Å²) in [6.07, 6.45) is 7.08. The second-order valence-corrected chi connectivity index (χ2v) is 5.81. The van der Waals surface area contributed by atoms with Gasteiger partial charge in [-0.25, -0.2) is 0 Å². The molecule has 1 saturated heterocycles. The lowest BCUT2D eigenvalue weighted by Gasteiger charge is -2.24. The van der Waals surface area contributed by atoms with Crippen molar-refractivity contribution in [2.75, 3.05) is 6.54 Å². The lowest BCUT2D eigenvalue weighted by atomic mass is 10.1. The Morgan fingerprint density at radius 1 is 1.41 bits per heavy atom. The molecule has 1 amide bonds. The van der Waals surface area contributed by atoms with E-state index in [1.807, 2.05) is 17.9 Å². The van der Waals surface area contributed by atoms with Crippen LogP contribution in [0, 0.1) is 13.8 Å². The van der Waals surface area contributed by atoms with Crippen LogP contribution in [0.2, 0.25) is 0 Å². The molecule has 22 heavy (non-hydrogen) atoms. The van der Waals surface area contributed by atoms with Crippen LogP contribution in [-0.4, -0.2) is 38.5 Å². The average molecular weight is 300 g/mol. The number of carbonyl (C=O) groups excluding carboxylic acids is 1. The molecule has 0 aliphatic carbocycles. The fourth-order valence-corrected chi connectivity index (χ4v) is 2.98. The summed E-state index contributed by atoms with van der Waals surface area (Å²) in [6.45, 7) is 4.54. The van der Waals surface area contributed by atoms with E-state index in [1.165, 1.54) is 0 Å². The third-order valence-electron chi connectivity index (χ3n) is 4.03. The zero-order valence-electron chi connectivity index (χ0n) is 13.0. The van der Waals surface area contributed by atoms with Crippen molar-refractivity contribution in [3.05, 3.63) is 41.3 Å². The molecule has 2 aromatic rings. The summed E-state index contributed by atoms with van der Waals surface area (Å²) in [5, 5.41) is 3.92. The Morgan fingerprint density at radius 3 is 3.00 bits per heavy atom. The molecule has 0 spiro atoms. The highest BCUT2D eigenvalue weighted by atomic mass is 16.5. The summed E-state index contributed by atoms with van der Waals surface area (Å²) in [7, 11) is 0. The summed E-state index contributed by atoms with van der Waals surface area (Å²) < 4.78 is 4.99. The van der Waals surface area contributed by atoms with E-state index in [9.17, 15) is 4.79 Å². The highest BCUT2D eigenvalue weighted by molar-refractivity contribution is 5.94. The van der Waals surface area contributed by atoms with Crippen molar-refractivity contribution in [3.63, 3.8) is 0 Å². The summed E-state index contributed by atoms with van der Waals surface area (Å²) in [5.74, 6) is 1.37. The van der Waals surface area contributed by atoms with E-state index in [1.54, 1.807) is 19.3 Å². The quantitative estimate of drug-likeness (QED) is 0.866. The smallest absolute Gasteiger partial charge is 0.255 e. The first-order valence-electron chi connectivity index (χ1n) is 7.65. The lowest BCUT2D eigenvalue weighted by molar-refractivity contribution is 0.0729. The first-order valence-corrected chi connectivity index (χ1v) is 7.65. The molecule has 1 unspecified atom stereocenters. The van der Waals surface area contributed by atoms with Crippen LogP contribution in [0.4, 0.5) is 0 Å². The van der Waals surface area contributed by atoms with Crippen molar-refractivity contribution in [1.82, 2.24) is 20.0 Å². The van der Waals surface area contributed by atoms with Gasteiger partial charge in [0.25, 0.3) is 5.91 Å². The van der Waals surface area contributed by atoms with Gasteiger partial charge in [-0.3, -0.25) is 9.78 Å². The van der Waals surface area contributed by atoms with Crippen LogP contribution in [0.15, 0.2) is 23.0 Å². The molecule has 116 valence electrons. The van der Waals surface area contributed by atoms with Crippen molar-refractivity contribution >= 4 is 5.91 Å². The maximum absolute atomic E-state index is 12.7. The molecule has 6 heteroatoms. The number of aryl methyl sites for hydroxylation is 3. The number of likely N-dealkylation sites (tertiary alicyclic amines) is 1. The van der Waals surface area contributed by atoms with Crippen LogP contribution < -0.4 is 0 Å². The number of aromatic nitrogens is 3. The van der Waals surface area contributed by atoms with E-state index in [0.29, 0.717) is 17.3 Å². The maximum Gasteiger partial charge on any atom is 0.255 e. The second-order valence-electron chi connectivity index (χ2n) is 5.81.